The second-order valence-corrected chi connectivity index (χ2v) is 16.0. The fraction of sp³-hybridized carbons (Fsp3) is 0.389. The predicted octanol–water partition coefficient (Wildman–Crippen LogP) is 6.86. The molecular formula is C36H41N5O4S2. The molecule has 0 unspecified atom stereocenters. The van der Waals surface area contributed by atoms with Crippen LogP contribution in [0.2, 0.25) is 0 Å². The number of thiophene rings is 1. The monoisotopic (exact) mass is 671 g/mol. The van der Waals surface area contributed by atoms with E-state index in [1.165, 1.54) is 0 Å². The van der Waals surface area contributed by atoms with Gasteiger partial charge in [0.05, 0.1) is 12.1 Å². The minimum atomic E-state index is -3.81. The minimum Gasteiger partial charge on any atom is -0.488 e. The van der Waals surface area contributed by atoms with E-state index in [2.05, 4.69) is 34.4 Å². The van der Waals surface area contributed by atoms with Crippen molar-refractivity contribution in [3.63, 3.8) is 0 Å². The minimum absolute atomic E-state index is 0.0921. The number of para-hydroxylation sites is 1. The second kappa shape index (κ2) is 12.9. The highest BCUT2D eigenvalue weighted by Crippen LogP contribution is 2.47. The lowest BCUT2D eigenvalue weighted by molar-refractivity contribution is -0.127. The van der Waals surface area contributed by atoms with Crippen molar-refractivity contribution in [1.29, 1.82) is 0 Å². The summed E-state index contributed by atoms with van der Waals surface area (Å²) in [6.07, 6.45) is 4.11. The third-order valence-electron chi connectivity index (χ3n) is 9.41. The Hall–Kier alpha value is -3.93. The van der Waals surface area contributed by atoms with Crippen LogP contribution in [0.5, 0.6) is 5.75 Å². The van der Waals surface area contributed by atoms with E-state index in [0.717, 1.165) is 43.0 Å². The largest absolute Gasteiger partial charge is 0.488 e. The van der Waals surface area contributed by atoms with Gasteiger partial charge in [0.1, 0.15) is 28.0 Å². The molecule has 2 aromatic carbocycles. The number of aromatic nitrogens is 4. The summed E-state index contributed by atoms with van der Waals surface area (Å²) >= 11 is 1.62. The van der Waals surface area contributed by atoms with E-state index < -0.39 is 15.4 Å². The molecule has 3 aromatic heterocycles. The van der Waals surface area contributed by atoms with Gasteiger partial charge in [0.25, 0.3) is 0 Å². The van der Waals surface area contributed by atoms with Gasteiger partial charge in [-0.1, -0.05) is 50.3 Å². The van der Waals surface area contributed by atoms with Crippen molar-refractivity contribution in [2.75, 3.05) is 6.54 Å². The lowest BCUT2D eigenvalue weighted by Gasteiger charge is -2.34. The van der Waals surface area contributed by atoms with E-state index in [9.17, 15) is 13.2 Å². The number of aryl methyl sites for hydroxylation is 3. The van der Waals surface area contributed by atoms with Gasteiger partial charge >= 0.3 is 0 Å². The lowest BCUT2D eigenvalue weighted by atomic mass is 9.69. The molecule has 0 spiro atoms. The molecule has 2 atom stereocenters. The number of rotatable bonds is 10. The first-order chi connectivity index (χ1) is 22.4. The quantitative estimate of drug-likeness (QED) is 0.160. The summed E-state index contributed by atoms with van der Waals surface area (Å²) in [6.45, 7) is 13.3. The van der Waals surface area contributed by atoms with Crippen LogP contribution in [-0.2, 0) is 34.3 Å². The molecule has 0 fully saturated rings. The highest BCUT2D eigenvalue weighted by molar-refractivity contribution is 7.89. The standard InChI is InChI=1S/C36H41N5O4S2/c1-7-27-22-40(47(43,44)32-14-10-9-13-30(32)45-27)21-26-19-31(46-24(26)4)34(36(5,6)33(42)18-25-12-11-17-37-20-25)28-15-16-29-35(23(28)3)38-39-41(29)8-2/h9-17,19-20,27,34H,7-8,18,21-22H2,1-6H3/t27-,34-/m1/s1. The number of fused-ring (bicyclic) bond motifs is 2. The Labute approximate surface area is 280 Å². The Morgan fingerprint density at radius 1 is 1.11 bits per heavy atom. The predicted molar refractivity (Wildman–Crippen MR) is 184 cm³/mol. The first-order valence-corrected chi connectivity index (χ1v) is 18.3. The number of Topliss-reactive ketones (excluding diaryl/α,β-unsaturated/α-hetero) is 1. The zero-order chi connectivity index (χ0) is 33.5. The number of carbonyl (C=O) groups excluding carboxylic acids is 1. The van der Waals surface area contributed by atoms with Crippen LogP contribution in [0.4, 0.5) is 0 Å². The molecule has 5 aromatic rings. The molecule has 0 aliphatic carbocycles. The Bertz CT molecular complexity index is 2030. The molecule has 0 N–H and O–H groups in total. The summed E-state index contributed by atoms with van der Waals surface area (Å²) in [5.74, 6) is 0.173. The highest BCUT2D eigenvalue weighted by Gasteiger charge is 2.41. The van der Waals surface area contributed by atoms with Crippen molar-refractivity contribution in [1.82, 2.24) is 24.3 Å². The maximum Gasteiger partial charge on any atom is 0.247 e. The molecule has 0 radical (unpaired) electrons. The number of hydrogen-bond donors (Lipinski definition) is 0. The summed E-state index contributed by atoms with van der Waals surface area (Å²) < 4.78 is 37.5. The third-order valence-corrected chi connectivity index (χ3v) is 12.4. The topological polar surface area (TPSA) is 107 Å². The van der Waals surface area contributed by atoms with Crippen LogP contribution in [0.1, 0.15) is 72.0 Å². The van der Waals surface area contributed by atoms with Gasteiger partial charge in [0.15, 0.2) is 0 Å². The van der Waals surface area contributed by atoms with Gasteiger partial charge in [-0.05, 0) is 79.8 Å². The van der Waals surface area contributed by atoms with Crippen LogP contribution in [-0.4, -0.2) is 51.1 Å². The number of pyridine rings is 1. The maximum absolute atomic E-state index is 14.2. The van der Waals surface area contributed by atoms with Crippen LogP contribution in [0.15, 0.2) is 71.9 Å². The number of sulfonamides is 1. The van der Waals surface area contributed by atoms with Crippen molar-refractivity contribution in [2.45, 2.75) is 84.4 Å². The van der Waals surface area contributed by atoms with Gasteiger partial charge in [-0.25, -0.2) is 13.1 Å². The van der Waals surface area contributed by atoms with E-state index in [-0.39, 0.29) is 42.2 Å². The fourth-order valence-corrected chi connectivity index (χ4v) is 9.46. The first kappa shape index (κ1) is 33.0. The first-order valence-electron chi connectivity index (χ1n) is 16.1. The van der Waals surface area contributed by atoms with E-state index in [4.69, 9.17) is 4.74 Å². The van der Waals surface area contributed by atoms with Crippen molar-refractivity contribution < 1.29 is 17.9 Å². The normalized spacial score (nSPS) is 17.2. The van der Waals surface area contributed by atoms with E-state index >= 15 is 0 Å². The number of nitrogens with zero attached hydrogens (tertiary/aromatic N) is 5. The zero-order valence-corrected chi connectivity index (χ0v) is 29.4. The molecule has 9 nitrogen and oxygen atoms in total. The molecule has 0 saturated heterocycles. The van der Waals surface area contributed by atoms with Crippen molar-refractivity contribution in [3.05, 3.63) is 99.0 Å². The molecule has 11 heteroatoms. The third kappa shape index (κ3) is 6.12. The Morgan fingerprint density at radius 3 is 2.62 bits per heavy atom. The van der Waals surface area contributed by atoms with Gasteiger partial charge in [-0.2, -0.15) is 4.31 Å². The summed E-state index contributed by atoms with van der Waals surface area (Å²) in [6, 6.07) is 16.9. The van der Waals surface area contributed by atoms with Crippen molar-refractivity contribution in [3.8, 4) is 5.75 Å². The lowest BCUT2D eigenvalue weighted by Crippen LogP contribution is -2.36. The Kier molecular flexibility index (Phi) is 9.08. The number of benzene rings is 2. The van der Waals surface area contributed by atoms with E-state index in [1.807, 2.05) is 57.5 Å². The van der Waals surface area contributed by atoms with Crippen LogP contribution in [0, 0.1) is 19.3 Å². The average molecular weight is 672 g/mol. The molecule has 0 bridgehead atoms. The zero-order valence-electron chi connectivity index (χ0n) is 27.7. The van der Waals surface area contributed by atoms with Gasteiger partial charge in [0.2, 0.25) is 10.0 Å². The summed E-state index contributed by atoms with van der Waals surface area (Å²) in [7, 11) is -3.81. The van der Waals surface area contributed by atoms with Gasteiger partial charge in [-0.15, -0.1) is 16.4 Å². The van der Waals surface area contributed by atoms with Gasteiger partial charge < -0.3 is 4.74 Å². The molecular weight excluding hydrogens is 631 g/mol. The summed E-state index contributed by atoms with van der Waals surface area (Å²) in [5.41, 5.74) is 4.72. The molecule has 6 rings (SSSR count). The Morgan fingerprint density at radius 2 is 1.89 bits per heavy atom. The van der Waals surface area contributed by atoms with Crippen LogP contribution >= 0.6 is 11.3 Å². The molecule has 4 heterocycles. The number of ketones is 1. The number of ether oxygens (including phenoxy) is 1. The second-order valence-electron chi connectivity index (χ2n) is 12.8. The van der Waals surface area contributed by atoms with Gasteiger partial charge in [0, 0.05) is 53.0 Å². The van der Waals surface area contributed by atoms with Crippen LogP contribution < -0.4 is 4.74 Å². The van der Waals surface area contributed by atoms with Gasteiger partial charge in [-0.3, -0.25) is 9.78 Å². The SMILES string of the molecule is CC[C@@H]1CN(Cc2cc([C@@H](c3ccc4c(nnn4CC)c3C)C(C)(C)C(=O)Cc3cccnc3)sc2C)S(=O)(=O)c2ccccc2O1. The van der Waals surface area contributed by atoms with Crippen LogP contribution in [0.25, 0.3) is 11.0 Å². The maximum atomic E-state index is 14.2. The molecule has 47 heavy (non-hydrogen) atoms. The smallest absolute Gasteiger partial charge is 0.247 e. The molecule has 246 valence electrons. The molecule has 1 aliphatic rings. The molecule has 1 aliphatic heterocycles. The number of hydrogen-bond acceptors (Lipinski definition) is 8. The van der Waals surface area contributed by atoms with E-state index in [0.29, 0.717) is 18.7 Å². The van der Waals surface area contributed by atoms with Crippen molar-refractivity contribution in [2.24, 2.45) is 5.41 Å². The fourth-order valence-electron chi connectivity index (χ4n) is 6.54. The average Bonchev–Trinajstić information content (AvgIpc) is 3.62. The summed E-state index contributed by atoms with van der Waals surface area (Å²) in [4.78, 5) is 20.6. The van der Waals surface area contributed by atoms with Crippen LogP contribution in [0.3, 0.4) is 0 Å². The molecule has 0 saturated carbocycles. The van der Waals surface area contributed by atoms with Crippen molar-refractivity contribution >= 4 is 38.2 Å². The Balaban J connectivity index is 1.43. The number of carbonyl (C=O) groups is 1. The summed E-state index contributed by atoms with van der Waals surface area (Å²) in [5, 5.41) is 8.87. The molecule has 0 amide bonds. The van der Waals surface area contributed by atoms with E-state index in [1.54, 1.807) is 52.3 Å². The highest BCUT2D eigenvalue weighted by atomic mass is 32.2.